The van der Waals surface area contributed by atoms with Crippen LogP contribution in [0.1, 0.15) is 16.3 Å². The number of hydrogen-bond acceptors (Lipinski definition) is 4. The molecule has 19 heavy (non-hydrogen) atoms. The Bertz CT molecular complexity index is 597. The van der Waals surface area contributed by atoms with Crippen LogP contribution in [-0.4, -0.2) is 13.1 Å². The molecule has 0 fully saturated rings. The summed E-state index contributed by atoms with van der Waals surface area (Å²) >= 11 is 3.26. The van der Waals surface area contributed by atoms with Gasteiger partial charge in [-0.15, -0.1) is 0 Å². The summed E-state index contributed by atoms with van der Waals surface area (Å²) in [4.78, 5) is 11.2. The van der Waals surface area contributed by atoms with Crippen LogP contribution in [-0.2, 0) is 11.3 Å². The molecule has 0 spiro atoms. The van der Waals surface area contributed by atoms with Crippen molar-refractivity contribution < 1.29 is 18.3 Å². The van der Waals surface area contributed by atoms with Crippen molar-refractivity contribution in [2.24, 2.45) is 0 Å². The molecule has 0 radical (unpaired) electrons. The van der Waals surface area contributed by atoms with E-state index in [0.717, 1.165) is 4.47 Å². The molecule has 1 aromatic carbocycles. The lowest BCUT2D eigenvalue weighted by atomic mass is 10.3. The third kappa shape index (κ3) is 3.35. The second-order valence-corrected chi connectivity index (χ2v) is 4.65. The van der Waals surface area contributed by atoms with Crippen LogP contribution >= 0.6 is 15.9 Å². The topological polar surface area (TPSA) is 51.5 Å². The summed E-state index contributed by atoms with van der Waals surface area (Å²) < 4.78 is 24.0. The Balaban J connectivity index is 2.04. The Morgan fingerprint density at radius 2 is 2.21 bits per heavy atom. The van der Waals surface area contributed by atoms with E-state index in [-0.39, 0.29) is 18.1 Å². The number of carbonyl (C=O) groups is 1. The van der Waals surface area contributed by atoms with Gasteiger partial charge in [0.05, 0.1) is 19.3 Å². The normalized spacial score (nSPS) is 10.3. The average Bonchev–Trinajstić information content (AvgIpc) is 2.88. The molecule has 0 amide bonds. The van der Waals surface area contributed by atoms with Gasteiger partial charge in [-0.1, -0.05) is 15.9 Å². The highest BCUT2D eigenvalue weighted by Gasteiger charge is 2.11. The second kappa shape index (κ2) is 5.88. The van der Waals surface area contributed by atoms with Crippen LogP contribution in [0.2, 0.25) is 0 Å². The molecule has 2 aromatic rings. The molecule has 0 aliphatic carbocycles. The number of hydrogen-bond donors (Lipinski definition) is 1. The van der Waals surface area contributed by atoms with Crippen molar-refractivity contribution in [2.45, 2.75) is 6.54 Å². The molecule has 4 nitrogen and oxygen atoms in total. The molecule has 1 N–H and O–H groups in total. The fourth-order valence-corrected chi connectivity index (χ4v) is 1.86. The zero-order chi connectivity index (χ0) is 13.8. The number of benzene rings is 1. The lowest BCUT2D eigenvalue weighted by molar-refractivity contribution is 0.0563. The van der Waals surface area contributed by atoms with E-state index < -0.39 is 5.97 Å². The summed E-state index contributed by atoms with van der Waals surface area (Å²) in [6.07, 6.45) is 0. The third-order valence-electron chi connectivity index (χ3n) is 2.43. The Morgan fingerprint density at radius 1 is 1.42 bits per heavy atom. The van der Waals surface area contributed by atoms with E-state index in [4.69, 9.17) is 4.42 Å². The van der Waals surface area contributed by atoms with Gasteiger partial charge in [-0.3, -0.25) is 0 Å². The molecule has 6 heteroatoms. The summed E-state index contributed by atoms with van der Waals surface area (Å²) in [6, 6.07) is 7.74. The van der Waals surface area contributed by atoms with Gasteiger partial charge in [0.25, 0.3) is 0 Å². The number of furan rings is 1. The van der Waals surface area contributed by atoms with Gasteiger partial charge in [0.1, 0.15) is 11.6 Å². The van der Waals surface area contributed by atoms with Crippen LogP contribution in [0.25, 0.3) is 0 Å². The molecule has 0 aliphatic heterocycles. The molecule has 0 unspecified atom stereocenters. The van der Waals surface area contributed by atoms with E-state index in [1.54, 1.807) is 18.2 Å². The number of anilines is 1. The third-order valence-corrected chi connectivity index (χ3v) is 2.92. The molecular weight excluding hydrogens is 317 g/mol. The molecule has 0 saturated carbocycles. The predicted molar refractivity (Wildman–Crippen MR) is 71.5 cm³/mol. The predicted octanol–water partition coefficient (Wildman–Crippen LogP) is 3.58. The van der Waals surface area contributed by atoms with Gasteiger partial charge in [-0.25, -0.2) is 9.18 Å². The van der Waals surface area contributed by atoms with E-state index in [0.29, 0.717) is 11.4 Å². The van der Waals surface area contributed by atoms with Crippen LogP contribution in [0, 0.1) is 5.82 Å². The number of ether oxygens (including phenoxy) is 1. The first-order valence-electron chi connectivity index (χ1n) is 5.46. The first-order valence-corrected chi connectivity index (χ1v) is 6.25. The van der Waals surface area contributed by atoms with Crippen molar-refractivity contribution in [1.82, 2.24) is 0 Å². The van der Waals surface area contributed by atoms with Crippen molar-refractivity contribution in [2.75, 3.05) is 12.4 Å². The van der Waals surface area contributed by atoms with Crippen LogP contribution in [0.4, 0.5) is 10.1 Å². The zero-order valence-corrected chi connectivity index (χ0v) is 11.7. The van der Waals surface area contributed by atoms with Crippen LogP contribution in [0.5, 0.6) is 0 Å². The van der Waals surface area contributed by atoms with Crippen molar-refractivity contribution in [3.63, 3.8) is 0 Å². The van der Waals surface area contributed by atoms with Gasteiger partial charge < -0.3 is 14.5 Å². The van der Waals surface area contributed by atoms with Gasteiger partial charge in [-0.05, 0) is 30.3 Å². The molecule has 0 saturated heterocycles. The zero-order valence-electron chi connectivity index (χ0n) is 10.1. The highest BCUT2D eigenvalue weighted by atomic mass is 79.9. The number of nitrogens with one attached hydrogen (secondary N) is 1. The van der Waals surface area contributed by atoms with Crippen molar-refractivity contribution in [3.05, 3.63) is 52.1 Å². The summed E-state index contributed by atoms with van der Waals surface area (Å²) in [5.41, 5.74) is 0.352. The fourth-order valence-electron chi connectivity index (χ4n) is 1.50. The SMILES string of the molecule is COC(=O)c1ccc(CNc2cc(Br)ccc2F)o1. The fraction of sp³-hybridized carbons (Fsp3) is 0.154. The summed E-state index contributed by atoms with van der Waals surface area (Å²) in [6.45, 7) is 0.268. The first kappa shape index (κ1) is 13.6. The standard InChI is InChI=1S/C13H11BrFNO3/c1-18-13(17)12-5-3-9(19-12)7-16-11-6-8(14)2-4-10(11)15/h2-6,16H,7H2,1H3. The summed E-state index contributed by atoms with van der Waals surface area (Å²) in [5.74, 6) is -0.267. The Morgan fingerprint density at radius 3 is 2.95 bits per heavy atom. The Kier molecular flexibility index (Phi) is 4.21. The van der Waals surface area contributed by atoms with Crippen LogP contribution < -0.4 is 5.32 Å². The van der Waals surface area contributed by atoms with E-state index in [9.17, 15) is 9.18 Å². The maximum Gasteiger partial charge on any atom is 0.373 e. The van der Waals surface area contributed by atoms with Gasteiger partial charge in [0, 0.05) is 4.47 Å². The minimum atomic E-state index is -0.542. The van der Waals surface area contributed by atoms with Crippen LogP contribution in [0.15, 0.2) is 39.2 Å². The van der Waals surface area contributed by atoms with Gasteiger partial charge >= 0.3 is 5.97 Å². The smallest absolute Gasteiger partial charge is 0.373 e. The average molecular weight is 328 g/mol. The Labute approximate surface area is 117 Å². The first-order chi connectivity index (χ1) is 9.10. The van der Waals surface area contributed by atoms with Gasteiger partial charge in [0.15, 0.2) is 0 Å². The van der Waals surface area contributed by atoms with E-state index in [1.807, 2.05) is 0 Å². The number of halogens is 2. The number of methoxy groups -OCH3 is 1. The molecule has 1 heterocycles. The highest BCUT2D eigenvalue weighted by molar-refractivity contribution is 9.10. The van der Waals surface area contributed by atoms with Crippen LogP contribution in [0.3, 0.4) is 0 Å². The lowest BCUT2D eigenvalue weighted by Crippen LogP contribution is -2.01. The quantitative estimate of drug-likeness (QED) is 0.872. The number of carbonyl (C=O) groups excluding carboxylic acids is 1. The Hall–Kier alpha value is -1.82. The van der Waals surface area contributed by atoms with E-state index in [1.165, 1.54) is 19.2 Å². The summed E-state index contributed by atoms with van der Waals surface area (Å²) in [7, 11) is 1.28. The number of rotatable bonds is 4. The minimum absolute atomic E-state index is 0.119. The lowest BCUT2D eigenvalue weighted by Gasteiger charge is -2.06. The van der Waals surface area contributed by atoms with E-state index in [2.05, 4.69) is 26.0 Å². The highest BCUT2D eigenvalue weighted by Crippen LogP contribution is 2.21. The maximum absolute atomic E-state index is 13.5. The summed E-state index contributed by atoms with van der Waals surface area (Å²) in [5, 5.41) is 2.89. The van der Waals surface area contributed by atoms with Gasteiger partial charge in [-0.2, -0.15) is 0 Å². The molecule has 2 rings (SSSR count). The minimum Gasteiger partial charge on any atom is -0.463 e. The van der Waals surface area contributed by atoms with E-state index >= 15 is 0 Å². The van der Waals surface area contributed by atoms with Crippen molar-refractivity contribution >= 4 is 27.6 Å². The molecule has 1 aromatic heterocycles. The molecule has 0 aliphatic rings. The molecule has 0 bridgehead atoms. The monoisotopic (exact) mass is 327 g/mol. The van der Waals surface area contributed by atoms with Crippen molar-refractivity contribution in [3.8, 4) is 0 Å². The van der Waals surface area contributed by atoms with Crippen molar-refractivity contribution in [1.29, 1.82) is 0 Å². The molecular formula is C13H11BrFNO3. The number of esters is 1. The second-order valence-electron chi connectivity index (χ2n) is 3.74. The maximum atomic E-state index is 13.5. The molecule has 100 valence electrons. The molecule has 0 atom stereocenters. The largest absolute Gasteiger partial charge is 0.463 e. The van der Waals surface area contributed by atoms with Gasteiger partial charge in [0.2, 0.25) is 5.76 Å².